The van der Waals surface area contributed by atoms with E-state index in [9.17, 15) is 9.90 Å². The van der Waals surface area contributed by atoms with Crippen molar-refractivity contribution >= 4 is 17.7 Å². The first-order valence-electron chi connectivity index (χ1n) is 9.16. The normalized spacial score (nSPS) is 13.5. The summed E-state index contributed by atoms with van der Waals surface area (Å²) in [6.45, 7) is 0.296. The molecule has 0 saturated carbocycles. The van der Waals surface area contributed by atoms with Crippen molar-refractivity contribution in [3.05, 3.63) is 94.5 Å². The molecule has 4 rings (SSSR count). The van der Waals surface area contributed by atoms with Crippen LogP contribution in [0.15, 0.2) is 72.8 Å². The van der Waals surface area contributed by atoms with E-state index in [2.05, 4.69) is 29.6 Å². The lowest BCUT2D eigenvalue weighted by molar-refractivity contribution is 0.128. The third kappa shape index (κ3) is 3.75. The zero-order valence-electron chi connectivity index (χ0n) is 15.1. The SMILES string of the molecule is O=C(NCC(O)c1cccc(Cl)c1)OCC1c2ccccc2-c2ccccc21. The van der Waals surface area contributed by atoms with E-state index in [0.29, 0.717) is 10.6 Å². The van der Waals surface area contributed by atoms with Gasteiger partial charge in [0.2, 0.25) is 0 Å². The molecule has 0 bridgehead atoms. The monoisotopic (exact) mass is 393 g/mol. The Balaban J connectivity index is 1.37. The van der Waals surface area contributed by atoms with Crippen LogP contribution >= 0.6 is 11.6 Å². The minimum atomic E-state index is -0.848. The number of carbonyl (C=O) groups is 1. The molecule has 5 heteroatoms. The van der Waals surface area contributed by atoms with Gasteiger partial charge in [-0.1, -0.05) is 72.3 Å². The van der Waals surface area contributed by atoms with E-state index in [4.69, 9.17) is 16.3 Å². The molecule has 2 N–H and O–H groups in total. The molecule has 1 aliphatic carbocycles. The Hall–Kier alpha value is -2.82. The van der Waals surface area contributed by atoms with Crippen LogP contribution in [-0.4, -0.2) is 24.4 Å². The van der Waals surface area contributed by atoms with Crippen molar-refractivity contribution < 1.29 is 14.6 Å². The van der Waals surface area contributed by atoms with E-state index in [1.54, 1.807) is 24.3 Å². The molecule has 1 aliphatic rings. The number of fused-ring (bicyclic) bond motifs is 3. The summed E-state index contributed by atoms with van der Waals surface area (Å²) >= 11 is 5.93. The number of nitrogens with one attached hydrogen (secondary N) is 1. The standard InChI is InChI=1S/C23H20ClNO3/c24-16-7-5-6-15(12-16)22(26)13-25-23(27)28-14-21-19-10-3-1-8-17(19)18-9-2-4-11-20(18)21/h1-12,21-22,26H,13-14H2,(H,25,27). The van der Waals surface area contributed by atoms with Crippen molar-refractivity contribution in [2.75, 3.05) is 13.2 Å². The van der Waals surface area contributed by atoms with Crippen LogP contribution in [0.5, 0.6) is 0 Å². The molecule has 4 nitrogen and oxygen atoms in total. The fourth-order valence-corrected chi connectivity index (χ4v) is 3.86. The highest BCUT2D eigenvalue weighted by molar-refractivity contribution is 6.30. The zero-order valence-corrected chi connectivity index (χ0v) is 15.9. The van der Waals surface area contributed by atoms with Gasteiger partial charge < -0.3 is 15.2 Å². The van der Waals surface area contributed by atoms with Gasteiger partial charge in [0, 0.05) is 10.9 Å². The predicted octanol–water partition coefficient (Wildman–Crippen LogP) is 4.91. The molecule has 0 aromatic heterocycles. The van der Waals surface area contributed by atoms with Crippen molar-refractivity contribution in [3.63, 3.8) is 0 Å². The molecule has 28 heavy (non-hydrogen) atoms. The van der Waals surface area contributed by atoms with Crippen LogP contribution in [0.3, 0.4) is 0 Å². The highest BCUT2D eigenvalue weighted by atomic mass is 35.5. The van der Waals surface area contributed by atoms with Crippen molar-refractivity contribution in [3.8, 4) is 11.1 Å². The Morgan fingerprint density at radius 3 is 2.29 bits per heavy atom. The maximum atomic E-state index is 12.2. The third-order valence-electron chi connectivity index (χ3n) is 5.02. The molecule has 1 atom stereocenters. The van der Waals surface area contributed by atoms with Crippen LogP contribution in [0.1, 0.15) is 28.7 Å². The second kappa shape index (κ2) is 8.05. The highest BCUT2D eigenvalue weighted by Crippen LogP contribution is 2.44. The first-order chi connectivity index (χ1) is 13.6. The molecule has 0 radical (unpaired) electrons. The van der Waals surface area contributed by atoms with Gasteiger partial charge in [0.15, 0.2) is 0 Å². The number of aliphatic hydroxyl groups is 1. The summed E-state index contributed by atoms with van der Waals surface area (Å²) < 4.78 is 5.46. The Morgan fingerprint density at radius 2 is 1.64 bits per heavy atom. The van der Waals surface area contributed by atoms with Gasteiger partial charge in [0.1, 0.15) is 6.61 Å². The molecular weight excluding hydrogens is 374 g/mol. The number of hydrogen-bond acceptors (Lipinski definition) is 3. The smallest absolute Gasteiger partial charge is 0.407 e. The fraction of sp³-hybridized carbons (Fsp3) is 0.174. The highest BCUT2D eigenvalue weighted by Gasteiger charge is 2.29. The molecule has 3 aromatic carbocycles. The van der Waals surface area contributed by atoms with E-state index in [0.717, 1.165) is 11.1 Å². The first-order valence-corrected chi connectivity index (χ1v) is 9.53. The Morgan fingerprint density at radius 1 is 1.00 bits per heavy atom. The number of alkyl carbamates (subject to hydrolysis) is 1. The number of amides is 1. The van der Waals surface area contributed by atoms with E-state index < -0.39 is 12.2 Å². The van der Waals surface area contributed by atoms with E-state index in [1.807, 2.05) is 24.3 Å². The number of ether oxygens (including phenoxy) is 1. The number of hydrogen-bond donors (Lipinski definition) is 2. The number of benzene rings is 3. The Labute approximate surface area is 168 Å². The van der Waals surface area contributed by atoms with E-state index in [1.165, 1.54) is 11.1 Å². The second-order valence-corrected chi connectivity index (χ2v) is 7.21. The summed E-state index contributed by atoms with van der Waals surface area (Å²) in [6, 6.07) is 23.3. The summed E-state index contributed by atoms with van der Waals surface area (Å²) in [4.78, 5) is 12.2. The summed E-state index contributed by atoms with van der Waals surface area (Å²) in [6.07, 6.45) is -1.40. The molecule has 0 heterocycles. The van der Waals surface area contributed by atoms with Gasteiger partial charge in [0.25, 0.3) is 0 Å². The molecule has 3 aromatic rings. The summed E-state index contributed by atoms with van der Waals surface area (Å²) in [5.41, 5.74) is 5.34. The van der Waals surface area contributed by atoms with Crippen LogP contribution in [0, 0.1) is 0 Å². The van der Waals surface area contributed by atoms with Crippen LogP contribution in [0.2, 0.25) is 5.02 Å². The Bertz CT molecular complexity index is 959. The Kier molecular flexibility index (Phi) is 5.33. The number of rotatable bonds is 5. The minimum absolute atomic E-state index is 0.0102. The molecule has 0 spiro atoms. The molecule has 0 aliphatic heterocycles. The fourth-order valence-electron chi connectivity index (χ4n) is 3.66. The van der Waals surface area contributed by atoms with Gasteiger partial charge >= 0.3 is 6.09 Å². The van der Waals surface area contributed by atoms with Crippen molar-refractivity contribution in [2.45, 2.75) is 12.0 Å². The number of aliphatic hydroxyl groups excluding tert-OH is 1. The van der Waals surface area contributed by atoms with Gasteiger partial charge in [-0.2, -0.15) is 0 Å². The average molecular weight is 394 g/mol. The summed E-state index contributed by atoms with van der Waals surface area (Å²) in [7, 11) is 0. The van der Waals surface area contributed by atoms with Crippen LogP contribution in [0.4, 0.5) is 4.79 Å². The lowest BCUT2D eigenvalue weighted by Gasteiger charge is -2.16. The maximum Gasteiger partial charge on any atom is 0.407 e. The largest absolute Gasteiger partial charge is 0.449 e. The van der Waals surface area contributed by atoms with Crippen LogP contribution in [-0.2, 0) is 4.74 Å². The minimum Gasteiger partial charge on any atom is -0.449 e. The van der Waals surface area contributed by atoms with Gasteiger partial charge in [-0.3, -0.25) is 0 Å². The zero-order chi connectivity index (χ0) is 19.5. The van der Waals surface area contributed by atoms with Gasteiger partial charge in [-0.25, -0.2) is 4.79 Å². The van der Waals surface area contributed by atoms with Crippen LogP contribution < -0.4 is 5.32 Å². The van der Waals surface area contributed by atoms with E-state index >= 15 is 0 Å². The molecule has 0 fully saturated rings. The van der Waals surface area contributed by atoms with Crippen molar-refractivity contribution in [1.82, 2.24) is 5.32 Å². The number of halogens is 1. The van der Waals surface area contributed by atoms with Crippen molar-refractivity contribution in [2.24, 2.45) is 0 Å². The van der Waals surface area contributed by atoms with Gasteiger partial charge in [-0.05, 0) is 39.9 Å². The number of carbonyl (C=O) groups excluding carboxylic acids is 1. The van der Waals surface area contributed by atoms with Crippen LogP contribution in [0.25, 0.3) is 11.1 Å². The summed E-state index contributed by atoms with van der Waals surface area (Å²) in [5, 5.41) is 13.4. The molecular formula is C23H20ClNO3. The molecule has 142 valence electrons. The molecule has 1 unspecified atom stereocenters. The molecule has 0 saturated heterocycles. The maximum absolute atomic E-state index is 12.2. The molecule has 1 amide bonds. The first kappa shape index (κ1) is 18.5. The van der Waals surface area contributed by atoms with Gasteiger partial charge in [0.05, 0.1) is 12.6 Å². The topological polar surface area (TPSA) is 58.6 Å². The lowest BCUT2D eigenvalue weighted by Crippen LogP contribution is -2.30. The predicted molar refractivity (Wildman–Crippen MR) is 109 cm³/mol. The van der Waals surface area contributed by atoms with Crippen molar-refractivity contribution in [1.29, 1.82) is 0 Å². The van der Waals surface area contributed by atoms with Gasteiger partial charge in [-0.15, -0.1) is 0 Å². The third-order valence-corrected chi connectivity index (χ3v) is 5.25. The second-order valence-electron chi connectivity index (χ2n) is 6.78. The van der Waals surface area contributed by atoms with E-state index in [-0.39, 0.29) is 19.1 Å². The average Bonchev–Trinajstić information content (AvgIpc) is 3.04. The lowest BCUT2D eigenvalue weighted by atomic mass is 9.98. The quantitative estimate of drug-likeness (QED) is 0.647. The summed E-state index contributed by atoms with van der Waals surface area (Å²) in [5.74, 6) is 0.0102.